The lowest BCUT2D eigenvalue weighted by molar-refractivity contribution is -0.136. The molecule has 0 atom stereocenters. The quantitative estimate of drug-likeness (QED) is 0.181. The van der Waals surface area contributed by atoms with Gasteiger partial charge in [-0.25, -0.2) is 0 Å². The van der Waals surface area contributed by atoms with E-state index >= 15 is 0 Å². The summed E-state index contributed by atoms with van der Waals surface area (Å²) in [5.41, 5.74) is 21.9. The van der Waals surface area contributed by atoms with Crippen LogP contribution in [-0.4, -0.2) is 23.9 Å². The van der Waals surface area contributed by atoms with Gasteiger partial charge in [0, 0.05) is 12.8 Å². The summed E-state index contributed by atoms with van der Waals surface area (Å²) >= 11 is 0. The second-order valence-electron chi connectivity index (χ2n) is 6.79. The Morgan fingerprint density at radius 2 is 0.792 bits per heavy atom. The zero-order chi connectivity index (χ0) is 18.2. The van der Waals surface area contributed by atoms with Crippen molar-refractivity contribution in [3.8, 4) is 0 Å². The first-order valence-corrected chi connectivity index (χ1v) is 9.52. The summed E-state index contributed by atoms with van der Waals surface area (Å²) in [6.07, 6.45) is 12.0. The largest absolute Gasteiger partial charge is 0.316 e. The molecule has 0 heterocycles. The summed E-state index contributed by atoms with van der Waals surface area (Å²) < 4.78 is 0. The molecule has 8 N–H and O–H groups in total. The van der Waals surface area contributed by atoms with Crippen LogP contribution in [0.3, 0.4) is 0 Å². The second-order valence-corrected chi connectivity index (χ2v) is 6.79. The molecule has 6 heteroatoms. The lowest BCUT2D eigenvalue weighted by Crippen LogP contribution is -2.29. The number of nitrogens with two attached hydrogens (primary N) is 4. The molecule has 6 nitrogen and oxygen atoms in total. The lowest BCUT2D eigenvalue weighted by atomic mass is 10.0. The molecule has 0 spiro atoms. The number of hydrogen-bond acceptors (Lipinski definition) is 6. The van der Waals surface area contributed by atoms with Gasteiger partial charge < -0.3 is 22.9 Å². The molecule has 0 saturated heterocycles. The Hall–Kier alpha value is -0.820. The SMILES string of the molecule is NC(N)CCCCCCCC(=O)C(=O)CCCCCCCC(N)N. The summed E-state index contributed by atoms with van der Waals surface area (Å²) in [5, 5.41) is 0. The van der Waals surface area contributed by atoms with Gasteiger partial charge in [-0.15, -0.1) is 0 Å². The Bertz CT molecular complexity index is 301. The van der Waals surface area contributed by atoms with E-state index in [1.54, 1.807) is 0 Å². The minimum absolute atomic E-state index is 0.201. The third kappa shape index (κ3) is 16.1. The summed E-state index contributed by atoms with van der Waals surface area (Å²) in [6.45, 7) is 0. The fraction of sp³-hybridized carbons (Fsp3) is 0.889. The van der Waals surface area contributed by atoms with Gasteiger partial charge in [0.15, 0.2) is 11.6 Å². The van der Waals surface area contributed by atoms with Crippen molar-refractivity contribution >= 4 is 11.6 Å². The average Bonchev–Trinajstić information content (AvgIpc) is 2.51. The van der Waals surface area contributed by atoms with E-state index in [0.29, 0.717) is 12.8 Å². The smallest absolute Gasteiger partial charge is 0.198 e. The highest BCUT2D eigenvalue weighted by atomic mass is 16.2. The highest BCUT2D eigenvalue weighted by Crippen LogP contribution is 2.11. The van der Waals surface area contributed by atoms with Crippen molar-refractivity contribution in [1.82, 2.24) is 0 Å². The maximum absolute atomic E-state index is 11.8. The number of Topliss-reactive ketones (excluding diaryl/α,β-unsaturated/α-hetero) is 2. The molecule has 0 saturated carbocycles. The number of rotatable bonds is 17. The lowest BCUT2D eigenvalue weighted by Gasteiger charge is -2.05. The van der Waals surface area contributed by atoms with Gasteiger partial charge in [0.25, 0.3) is 0 Å². The molecule has 0 aromatic rings. The van der Waals surface area contributed by atoms with Crippen LogP contribution in [0.4, 0.5) is 0 Å². The Balaban J connectivity index is 3.42. The Kier molecular flexibility index (Phi) is 15.2. The average molecular weight is 343 g/mol. The van der Waals surface area contributed by atoms with Crippen LogP contribution in [0, 0.1) is 0 Å². The minimum atomic E-state index is -0.220. The molecule has 0 aliphatic carbocycles. The third-order valence-electron chi connectivity index (χ3n) is 4.19. The van der Waals surface area contributed by atoms with Crippen LogP contribution in [0.5, 0.6) is 0 Å². The molecular formula is C18H38N4O2. The van der Waals surface area contributed by atoms with Crippen LogP contribution in [0.1, 0.15) is 89.9 Å². The zero-order valence-electron chi connectivity index (χ0n) is 15.2. The summed E-state index contributed by atoms with van der Waals surface area (Å²) in [4.78, 5) is 23.5. The van der Waals surface area contributed by atoms with Crippen molar-refractivity contribution in [2.24, 2.45) is 22.9 Å². The van der Waals surface area contributed by atoms with Gasteiger partial charge in [-0.05, 0) is 25.7 Å². The molecule has 0 amide bonds. The Labute approximate surface area is 147 Å². The number of carbonyl (C=O) groups is 2. The second kappa shape index (κ2) is 15.7. The molecule has 0 fully saturated rings. The van der Waals surface area contributed by atoms with Crippen LogP contribution in [0.25, 0.3) is 0 Å². The molecule has 142 valence electrons. The standard InChI is InChI=1S/C18H38N4O2/c19-17(20)13-9-5-1-3-7-11-15(23)16(24)12-8-4-2-6-10-14-18(21)22/h17-18H,1-14,19-22H2. The van der Waals surface area contributed by atoms with Gasteiger partial charge in [-0.1, -0.05) is 51.4 Å². The molecule has 0 radical (unpaired) electrons. The van der Waals surface area contributed by atoms with E-state index in [1.165, 1.54) is 0 Å². The van der Waals surface area contributed by atoms with Gasteiger partial charge >= 0.3 is 0 Å². The molecule has 0 aliphatic heterocycles. The van der Waals surface area contributed by atoms with Crippen LogP contribution in [0.2, 0.25) is 0 Å². The van der Waals surface area contributed by atoms with Crippen LogP contribution < -0.4 is 22.9 Å². The molecule has 0 rings (SSSR count). The van der Waals surface area contributed by atoms with Crippen LogP contribution in [0.15, 0.2) is 0 Å². The van der Waals surface area contributed by atoms with Gasteiger partial charge in [0.05, 0.1) is 12.3 Å². The predicted octanol–water partition coefficient (Wildman–Crippen LogP) is 2.07. The maximum Gasteiger partial charge on any atom is 0.198 e. The van der Waals surface area contributed by atoms with Gasteiger partial charge in [0.1, 0.15) is 0 Å². The van der Waals surface area contributed by atoms with Crippen molar-refractivity contribution in [3.63, 3.8) is 0 Å². The third-order valence-corrected chi connectivity index (χ3v) is 4.19. The minimum Gasteiger partial charge on any atom is -0.316 e. The van der Waals surface area contributed by atoms with Gasteiger partial charge in [-0.2, -0.15) is 0 Å². The molecular weight excluding hydrogens is 304 g/mol. The Morgan fingerprint density at radius 1 is 0.500 bits per heavy atom. The normalized spacial score (nSPS) is 11.4. The first-order chi connectivity index (χ1) is 11.4. The summed E-state index contributed by atoms with van der Waals surface area (Å²) in [5.74, 6) is -0.402. The molecule has 0 aromatic carbocycles. The van der Waals surface area contributed by atoms with Crippen molar-refractivity contribution in [3.05, 3.63) is 0 Å². The summed E-state index contributed by atoms with van der Waals surface area (Å²) in [7, 11) is 0. The van der Waals surface area contributed by atoms with Crippen LogP contribution in [-0.2, 0) is 9.59 Å². The molecule has 0 unspecified atom stereocenters. The highest BCUT2D eigenvalue weighted by Gasteiger charge is 2.12. The maximum atomic E-state index is 11.8. The fourth-order valence-corrected chi connectivity index (χ4v) is 2.67. The topological polar surface area (TPSA) is 138 Å². The van der Waals surface area contributed by atoms with Crippen LogP contribution >= 0.6 is 0 Å². The Morgan fingerprint density at radius 3 is 1.12 bits per heavy atom. The van der Waals surface area contributed by atoms with Crippen molar-refractivity contribution in [2.45, 2.75) is 102 Å². The highest BCUT2D eigenvalue weighted by molar-refractivity contribution is 6.37. The van der Waals surface area contributed by atoms with Crippen molar-refractivity contribution in [1.29, 1.82) is 0 Å². The predicted molar refractivity (Wildman–Crippen MR) is 99.0 cm³/mol. The fourth-order valence-electron chi connectivity index (χ4n) is 2.67. The van der Waals surface area contributed by atoms with E-state index in [4.69, 9.17) is 22.9 Å². The zero-order valence-corrected chi connectivity index (χ0v) is 15.2. The van der Waals surface area contributed by atoms with E-state index in [-0.39, 0.29) is 23.9 Å². The molecule has 24 heavy (non-hydrogen) atoms. The van der Waals surface area contributed by atoms with E-state index in [1.807, 2.05) is 0 Å². The molecule has 0 aromatic heterocycles. The molecule has 0 aliphatic rings. The van der Waals surface area contributed by atoms with Crippen molar-refractivity contribution in [2.75, 3.05) is 0 Å². The first kappa shape index (κ1) is 23.2. The number of unbranched alkanes of at least 4 members (excludes halogenated alkanes) is 8. The van der Waals surface area contributed by atoms with E-state index in [0.717, 1.165) is 77.0 Å². The van der Waals surface area contributed by atoms with Gasteiger partial charge in [-0.3, -0.25) is 9.59 Å². The van der Waals surface area contributed by atoms with E-state index in [9.17, 15) is 9.59 Å². The van der Waals surface area contributed by atoms with E-state index < -0.39 is 0 Å². The number of ketones is 2. The first-order valence-electron chi connectivity index (χ1n) is 9.52. The van der Waals surface area contributed by atoms with Gasteiger partial charge in [0.2, 0.25) is 0 Å². The summed E-state index contributed by atoms with van der Waals surface area (Å²) in [6, 6.07) is 0. The van der Waals surface area contributed by atoms with E-state index in [2.05, 4.69) is 0 Å². The molecule has 0 bridgehead atoms. The number of carbonyl (C=O) groups excluding carboxylic acids is 2. The monoisotopic (exact) mass is 342 g/mol. The van der Waals surface area contributed by atoms with Crippen molar-refractivity contribution < 1.29 is 9.59 Å². The number of hydrogen-bond donors (Lipinski definition) is 4.